The molecule has 44 heavy (non-hydrogen) atoms. The number of non-ortho nitro benzene ring substituents is 1. The van der Waals surface area contributed by atoms with E-state index in [4.69, 9.17) is 4.74 Å². The number of hydrogen-bond acceptors (Lipinski definition) is 7. The van der Waals surface area contributed by atoms with Crippen LogP contribution in [0.15, 0.2) is 109 Å². The third-order valence-corrected chi connectivity index (χ3v) is 7.27. The van der Waals surface area contributed by atoms with Crippen molar-refractivity contribution in [2.45, 2.75) is 19.1 Å². The first-order chi connectivity index (χ1) is 21.4. The number of amides is 1. The van der Waals surface area contributed by atoms with Gasteiger partial charge in [-0.15, -0.1) is 0 Å². The van der Waals surface area contributed by atoms with Crippen LogP contribution >= 0.6 is 0 Å². The predicted molar refractivity (Wildman–Crippen MR) is 165 cm³/mol. The molecule has 6 aromatic rings. The fourth-order valence-corrected chi connectivity index (χ4v) is 5.03. The van der Waals surface area contributed by atoms with Crippen LogP contribution in [-0.4, -0.2) is 37.9 Å². The fraction of sp³-hybridized carbons (Fsp3) is 0.0882. The van der Waals surface area contributed by atoms with Crippen LogP contribution in [0, 0.1) is 10.1 Å². The number of phenols is 1. The van der Waals surface area contributed by atoms with Gasteiger partial charge in [-0.1, -0.05) is 60.7 Å². The Balaban J connectivity index is 1.36. The molecule has 10 heteroatoms. The molecule has 0 spiro atoms. The number of aromatic hydroxyl groups is 1. The molecule has 1 atom stereocenters. The Labute approximate surface area is 251 Å². The van der Waals surface area contributed by atoms with Gasteiger partial charge in [0.15, 0.2) is 0 Å². The molecule has 0 saturated heterocycles. The molecule has 0 aliphatic rings. The number of benzene rings is 4. The number of nitrogens with zero attached hydrogens (tertiary/aromatic N) is 2. The minimum absolute atomic E-state index is 0.0332. The zero-order valence-electron chi connectivity index (χ0n) is 23.3. The van der Waals surface area contributed by atoms with Crippen LogP contribution in [0.4, 0.5) is 5.69 Å². The molecule has 6 rings (SSSR count). The molecule has 0 saturated carbocycles. The van der Waals surface area contributed by atoms with Crippen LogP contribution in [0.5, 0.6) is 5.75 Å². The smallest absolute Gasteiger partial charge is 0.329 e. The number of rotatable bonds is 9. The van der Waals surface area contributed by atoms with Crippen LogP contribution in [0.2, 0.25) is 0 Å². The number of carbonyl (C=O) groups is 2. The molecule has 0 aliphatic heterocycles. The molecular weight excluding hydrogens is 560 g/mol. The highest BCUT2D eigenvalue weighted by atomic mass is 16.6. The standard InChI is InChI=1S/C34H26N4O6/c39-25-16-10-21(11-17-25)18-30(34(41)44-20-22-6-2-1-3-7-22)37-33(40)29-19-27-26-8-4-5-9-28(26)35-32(27)31(36-29)23-12-14-24(15-13-23)38(42)43/h1-17,19,30,35,39H,18,20H2,(H,37,40)/t30-/m0/s1. The fourth-order valence-electron chi connectivity index (χ4n) is 5.03. The number of nitro benzene ring substituents is 1. The lowest BCUT2D eigenvalue weighted by atomic mass is 10.0. The van der Waals surface area contributed by atoms with Crippen molar-refractivity contribution in [2.24, 2.45) is 0 Å². The van der Waals surface area contributed by atoms with Crippen molar-refractivity contribution in [1.29, 1.82) is 0 Å². The molecule has 218 valence electrons. The number of phenolic OH excluding ortho intramolecular Hbond substituents is 1. The highest BCUT2D eigenvalue weighted by Crippen LogP contribution is 2.33. The van der Waals surface area contributed by atoms with Crippen molar-refractivity contribution in [3.63, 3.8) is 0 Å². The van der Waals surface area contributed by atoms with E-state index in [0.717, 1.165) is 21.9 Å². The Morgan fingerprint density at radius 2 is 1.59 bits per heavy atom. The second-order valence-corrected chi connectivity index (χ2v) is 10.2. The van der Waals surface area contributed by atoms with Crippen molar-refractivity contribution >= 4 is 39.4 Å². The zero-order valence-corrected chi connectivity index (χ0v) is 23.3. The van der Waals surface area contributed by atoms with Gasteiger partial charge in [-0.3, -0.25) is 14.9 Å². The number of hydrogen-bond donors (Lipinski definition) is 3. The normalized spacial score (nSPS) is 11.7. The van der Waals surface area contributed by atoms with Gasteiger partial charge in [0, 0.05) is 40.4 Å². The molecule has 2 aromatic heterocycles. The molecule has 0 radical (unpaired) electrons. The van der Waals surface area contributed by atoms with E-state index in [9.17, 15) is 24.8 Å². The quantitative estimate of drug-likeness (QED) is 0.106. The number of fused-ring (bicyclic) bond motifs is 3. The highest BCUT2D eigenvalue weighted by Gasteiger charge is 2.26. The molecule has 0 aliphatic carbocycles. The van der Waals surface area contributed by atoms with Gasteiger partial charge >= 0.3 is 5.97 Å². The second-order valence-electron chi connectivity index (χ2n) is 10.2. The zero-order chi connectivity index (χ0) is 30.6. The maximum Gasteiger partial charge on any atom is 0.329 e. The van der Waals surface area contributed by atoms with Crippen molar-refractivity contribution in [1.82, 2.24) is 15.3 Å². The Hall–Kier alpha value is -6.03. The van der Waals surface area contributed by atoms with E-state index < -0.39 is 22.8 Å². The summed E-state index contributed by atoms with van der Waals surface area (Å²) in [4.78, 5) is 45.9. The maximum absolute atomic E-state index is 13.8. The van der Waals surface area contributed by atoms with Crippen molar-refractivity contribution in [2.75, 3.05) is 0 Å². The van der Waals surface area contributed by atoms with E-state index in [1.807, 2.05) is 54.6 Å². The summed E-state index contributed by atoms with van der Waals surface area (Å²) < 4.78 is 5.58. The first kappa shape index (κ1) is 28.1. The monoisotopic (exact) mass is 586 g/mol. The van der Waals surface area contributed by atoms with E-state index in [2.05, 4.69) is 15.3 Å². The minimum Gasteiger partial charge on any atom is -0.508 e. The third kappa shape index (κ3) is 5.95. The van der Waals surface area contributed by atoms with Gasteiger partial charge in [0.05, 0.1) is 16.1 Å². The topological polar surface area (TPSA) is 147 Å². The lowest BCUT2D eigenvalue weighted by Gasteiger charge is -2.18. The van der Waals surface area contributed by atoms with Gasteiger partial charge in [-0.2, -0.15) is 0 Å². The summed E-state index contributed by atoms with van der Waals surface area (Å²) in [6, 6.07) is 29.7. The lowest BCUT2D eigenvalue weighted by Crippen LogP contribution is -2.43. The van der Waals surface area contributed by atoms with Gasteiger partial charge in [-0.25, -0.2) is 9.78 Å². The first-order valence-electron chi connectivity index (χ1n) is 13.8. The molecule has 1 amide bonds. The number of esters is 1. The summed E-state index contributed by atoms with van der Waals surface area (Å²) in [5, 5.41) is 25.3. The summed E-state index contributed by atoms with van der Waals surface area (Å²) in [6.45, 7) is 0.0332. The Morgan fingerprint density at radius 1 is 0.886 bits per heavy atom. The van der Waals surface area contributed by atoms with E-state index in [1.165, 1.54) is 24.3 Å². The predicted octanol–water partition coefficient (Wildman–Crippen LogP) is 6.08. The number of carbonyl (C=O) groups excluding carboxylic acids is 2. The summed E-state index contributed by atoms with van der Waals surface area (Å²) in [6.07, 6.45) is 0.115. The SMILES string of the molecule is O=C(N[C@@H](Cc1ccc(O)cc1)C(=O)OCc1ccccc1)c1cc2c([nH]c3ccccc32)c(-c2ccc([N+](=O)[O-])cc2)n1. The molecule has 10 nitrogen and oxygen atoms in total. The Kier molecular flexibility index (Phi) is 7.71. The number of nitro groups is 1. The number of aromatic nitrogens is 2. The number of ether oxygens (including phenoxy) is 1. The van der Waals surface area contributed by atoms with Crippen LogP contribution in [0.3, 0.4) is 0 Å². The molecule has 4 aromatic carbocycles. The van der Waals surface area contributed by atoms with E-state index in [-0.39, 0.29) is 30.2 Å². The molecular formula is C34H26N4O6. The van der Waals surface area contributed by atoms with Crippen molar-refractivity contribution in [3.05, 3.63) is 136 Å². The highest BCUT2D eigenvalue weighted by molar-refractivity contribution is 6.13. The lowest BCUT2D eigenvalue weighted by molar-refractivity contribution is -0.384. The summed E-state index contributed by atoms with van der Waals surface area (Å²) in [5.41, 5.74) is 4.00. The Morgan fingerprint density at radius 3 is 2.32 bits per heavy atom. The van der Waals surface area contributed by atoms with E-state index in [0.29, 0.717) is 22.3 Å². The summed E-state index contributed by atoms with van der Waals surface area (Å²) in [7, 11) is 0. The number of pyridine rings is 1. The minimum atomic E-state index is -1.06. The molecule has 0 bridgehead atoms. The van der Waals surface area contributed by atoms with E-state index in [1.54, 1.807) is 30.3 Å². The number of aromatic amines is 1. The number of nitrogens with one attached hydrogen (secondary N) is 2. The van der Waals surface area contributed by atoms with Crippen LogP contribution < -0.4 is 5.32 Å². The molecule has 3 N–H and O–H groups in total. The van der Waals surface area contributed by atoms with Gasteiger partial charge in [0.2, 0.25) is 0 Å². The first-order valence-corrected chi connectivity index (χ1v) is 13.8. The molecule has 0 unspecified atom stereocenters. The van der Waals surface area contributed by atoms with Crippen LogP contribution in [0.25, 0.3) is 33.1 Å². The average Bonchev–Trinajstić information content (AvgIpc) is 3.43. The number of H-pyrrole nitrogens is 1. The summed E-state index contributed by atoms with van der Waals surface area (Å²) in [5.74, 6) is -1.14. The van der Waals surface area contributed by atoms with Gasteiger partial charge in [0.1, 0.15) is 24.1 Å². The van der Waals surface area contributed by atoms with Gasteiger partial charge < -0.3 is 20.1 Å². The average molecular weight is 587 g/mol. The van der Waals surface area contributed by atoms with Crippen LogP contribution in [0.1, 0.15) is 21.6 Å². The van der Waals surface area contributed by atoms with Crippen molar-refractivity contribution < 1.29 is 24.4 Å². The molecule has 2 heterocycles. The maximum atomic E-state index is 13.8. The van der Waals surface area contributed by atoms with E-state index >= 15 is 0 Å². The van der Waals surface area contributed by atoms with Crippen LogP contribution in [-0.2, 0) is 22.6 Å². The number of para-hydroxylation sites is 1. The Bertz CT molecular complexity index is 1990. The van der Waals surface area contributed by atoms with Gasteiger partial charge in [0.25, 0.3) is 11.6 Å². The summed E-state index contributed by atoms with van der Waals surface area (Å²) >= 11 is 0. The van der Waals surface area contributed by atoms with Crippen molar-refractivity contribution in [3.8, 4) is 17.0 Å². The molecule has 0 fully saturated rings. The van der Waals surface area contributed by atoms with Gasteiger partial charge in [-0.05, 0) is 47.5 Å². The largest absolute Gasteiger partial charge is 0.508 e. The second kappa shape index (κ2) is 12.1. The third-order valence-electron chi connectivity index (χ3n) is 7.27.